The van der Waals surface area contributed by atoms with E-state index in [2.05, 4.69) is 15.9 Å². The lowest BCUT2D eigenvalue weighted by molar-refractivity contribution is -0.140. The number of halogens is 1. The number of hydrogen-bond acceptors (Lipinski definition) is 2. The van der Waals surface area contributed by atoms with Crippen molar-refractivity contribution in [3.05, 3.63) is 34.3 Å². The first-order valence-corrected chi connectivity index (χ1v) is 5.35. The number of carboxylic acid groups (broad SMARTS) is 1. The van der Waals surface area contributed by atoms with Gasteiger partial charge in [0.2, 0.25) is 0 Å². The number of ketones is 1. The van der Waals surface area contributed by atoms with Gasteiger partial charge in [0.05, 0.1) is 0 Å². The first kappa shape index (κ1) is 11.9. The van der Waals surface area contributed by atoms with Crippen LogP contribution in [0, 0.1) is 0 Å². The van der Waals surface area contributed by atoms with Crippen molar-refractivity contribution in [2.24, 2.45) is 0 Å². The molecule has 0 amide bonds. The molecule has 1 rings (SSSR count). The summed E-state index contributed by atoms with van der Waals surface area (Å²) in [6.07, 6.45) is 0.488. The Balaban J connectivity index is 2.43. The van der Waals surface area contributed by atoms with Crippen LogP contribution in [0.1, 0.15) is 18.4 Å². The van der Waals surface area contributed by atoms with Crippen molar-refractivity contribution in [1.82, 2.24) is 0 Å². The Hall–Kier alpha value is -1.16. The highest BCUT2D eigenvalue weighted by Crippen LogP contribution is 2.13. The van der Waals surface area contributed by atoms with Crippen LogP contribution in [0.3, 0.4) is 0 Å². The van der Waals surface area contributed by atoms with Crippen molar-refractivity contribution >= 4 is 27.7 Å². The molecule has 1 N–H and O–H groups in total. The van der Waals surface area contributed by atoms with Crippen molar-refractivity contribution in [3.8, 4) is 0 Å². The van der Waals surface area contributed by atoms with Gasteiger partial charge in [-0.15, -0.1) is 0 Å². The van der Waals surface area contributed by atoms with Crippen LogP contribution in [0.2, 0.25) is 0 Å². The minimum atomic E-state index is -1.06. The Morgan fingerprint density at radius 3 is 2.67 bits per heavy atom. The van der Waals surface area contributed by atoms with Crippen molar-refractivity contribution in [2.75, 3.05) is 0 Å². The molecule has 0 radical (unpaired) electrons. The summed E-state index contributed by atoms with van der Waals surface area (Å²) in [5.41, 5.74) is 1.03. The van der Waals surface area contributed by atoms with E-state index in [9.17, 15) is 9.59 Å². The predicted octanol–water partition coefficient (Wildman–Crippen LogP) is 2.43. The fourth-order valence-electron chi connectivity index (χ4n) is 1.23. The van der Waals surface area contributed by atoms with E-state index in [0.717, 1.165) is 10.0 Å². The maximum absolute atomic E-state index is 11.1. The summed E-state index contributed by atoms with van der Waals surface area (Å²) >= 11 is 3.33. The highest BCUT2D eigenvalue weighted by atomic mass is 79.9. The molecule has 1 aromatic carbocycles. The molecule has 0 heterocycles. The highest BCUT2D eigenvalue weighted by molar-refractivity contribution is 9.10. The van der Waals surface area contributed by atoms with Crippen LogP contribution in [0.4, 0.5) is 0 Å². The van der Waals surface area contributed by atoms with Gasteiger partial charge in [-0.2, -0.15) is 0 Å². The summed E-state index contributed by atoms with van der Waals surface area (Å²) in [4.78, 5) is 21.4. The van der Waals surface area contributed by atoms with Crippen molar-refractivity contribution < 1.29 is 14.7 Å². The molecule has 0 aliphatic carbocycles. The molecule has 15 heavy (non-hydrogen) atoms. The largest absolute Gasteiger partial charge is 0.481 e. The second-order valence-corrected chi connectivity index (χ2v) is 4.15. The zero-order chi connectivity index (χ0) is 11.3. The molecular weight excluding hydrogens is 260 g/mol. The summed E-state index contributed by atoms with van der Waals surface area (Å²) in [5, 5.41) is 8.40. The van der Waals surface area contributed by atoms with Gasteiger partial charge >= 0.3 is 5.97 Å². The summed E-state index contributed by atoms with van der Waals surface area (Å²) in [6.45, 7) is 0. The molecule has 80 valence electrons. The molecule has 0 aliphatic heterocycles. The first-order chi connectivity index (χ1) is 7.08. The SMILES string of the molecule is O=C(O)CC(=O)CCc1cccc(Br)c1. The topological polar surface area (TPSA) is 54.4 Å². The van der Waals surface area contributed by atoms with Crippen LogP contribution in [-0.2, 0) is 16.0 Å². The van der Waals surface area contributed by atoms with Crippen molar-refractivity contribution in [1.29, 1.82) is 0 Å². The lowest BCUT2D eigenvalue weighted by Gasteiger charge is -2.00. The number of hydrogen-bond donors (Lipinski definition) is 1. The van der Waals surface area contributed by atoms with Crippen molar-refractivity contribution in [3.63, 3.8) is 0 Å². The number of carbonyl (C=O) groups is 2. The molecule has 0 bridgehead atoms. The first-order valence-electron chi connectivity index (χ1n) is 4.56. The molecule has 0 aliphatic rings. The van der Waals surface area contributed by atoms with Gasteiger partial charge in [0.15, 0.2) is 0 Å². The molecule has 0 saturated heterocycles. The molecule has 1 aromatic rings. The number of carboxylic acids is 1. The zero-order valence-electron chi connectivity index (χ0n) is 8.07. The molecule has 3 nitrogen and oxygen atoms in total. The maximum atomic E-state index is 11.1. The van der Waals surface area contributed by atoms with Gasteiger partial charge in [-0.1, -0.05) is 28.1 Å². The number of Topliss-reactive ketones (excluding diaryl/α,β-unsaturated/α-hetero) is 1. The number of aryl methyl sites for hydroxylation is 1. The van der Waals surface area contributed by atoms with Gasteiger partial charge in [0, 0.05) is 10.9 Å². The second-order valence-electron chi connectivity index (χ2n) is 3.24. The van der Waals surface area contributed by atoms with Crippen LogP contribution in [0.25, 0.3) is 0 Å². The number of carbonyl (C=O) groups excluding carboxylic acids is 1. The second kappa shape index (κ2) is 5.66. The van der Waals surface area contributed by atoms with Crippen LogP contribution < -0.4 is 0 Å². The molecule has 0 aromatic heterocycles. The van der Waals surface area contributed by atoms with E-state index in [4.69, 9.17) is 5.11 Å². The summed E-state index contributed by atoms with van der Waals surface area (Å²) < 4.78 is 0.964. The molecule has 4 heteroatoms. The van der Waals surface area contributed by atoms with Crippen LogP contribution in [-0.4, -0.2) is 16.9 Å². The zero-order valence-corrected chi connectivity index (χ0v) is 9.66. The Morgan fingerprint density at radius 1 is 1.33 bits per heavy atom. The van der Waals surface area contributed by atoms with E-state index in [1.165, 1.54) is 0 Å². The van der Waals surface area contributed by atoms with E-state index < -0.39 is 5.97 Å². The van der Waals surface area contributed by atoms with E-state index in [1.54, 1.807) is 0 Å². The minimum absolute atomic E-state index is 0.234. The lowest BCUT2D eigenvalue weighted by Crippen LogP contribution is -2.07. The van der Waals surface area contributed by atoms with Crippen LogP contribution >= 0.6 is 15.9 Å². The molecule has 0 saturated carbocycles. The Morgan fingerprint density at radius 2 is 2.07 bits per heavy atom. The average molecular weight is 271 g/mol. The number of benzene rings is 1. The summed E-state index contributed by atoms with van der Waals surface area (Å²) in [5.74, 6) is -1.29. The normalized spacial score (nSPS) is 9.93. The molecule has 0 spiro atoms. The molecule has 0 fully saturated rings. The smallest absolute Gasteiger partial charge is 0.310 e. The molecule has 0 atom stereocenters. The third-order valence-corrected chi connectivity index (χ3v) is 2.42. The van der Waals surface area contributed by atoms with Gasteiger partial charge in [-0.25, -0.2) is 0 Å². The maximum Gasteiger partial charge on any atom is 0.310 e. The molecule has 0 unspecified atom stereocenters. The Bertz CT molecular complexity index is 374. The minimum Gasteiger partial charge on any atom is -0.481 e. The molecular formula is C11H11BrO3. The number of aliphatic carboxylic acids is 1. The Kier molecular flexibility index (Phi) is 4.49. The average Bonchev–Trinajstić information content (AvgIpc) is 2.14. The van der Waals surface area contributed by atoms with Gasteiger partial charge in [-0.05, 0) is 24.1 Å². The fourth-order valence-corrected chi connectivity index (χ4v) is 1.68. The third-order valence-electron chi connectivity index (χ3n) is 1.93. The Labute approximate surface area is 96.2 Å². The monoisotopic (exact) mass is 270 g/mol. The van der Waals surface area contributed by atoms with E-state index in [1.807, 2.05) is 24.3 Å². The van der Waals surface area contributed by atoms with E-state index in [-0.39, 0.29) is 18.6 Å². The van der Waals surface area contributed by atoms with Gasteiger partial charge in [0.1, 0.15) is 12.2 Å². The fraction of sp³-hybridized carbons (Fsp3) is 0.273. The van der Waals surface area contributed by atoms with Gasteiger partial charge in [-0.3, -0.25) is 9.59 Å². The van der Waals surface area contributed by atoms with Crippen LogP contribution in [0.15, 0.2) is 28.7 Å². The number of rotatable bonds is 5. The van der Waals surface area contributed by atoms with Gasteiger partial charge in [0.25, 0.3) is 0 Å². The van der Waals surface area contributed by atoms with Crippen LogP contribution in [0.5, 0.6) is 0 Å². The summed E-state index contributed by atoms with van der Waals surface area (Å²) in [6, 6.07) is 7.64. The standard InChI is InChI=1S/C11H11BrO3/c12-9-3-1-2-8(6-9)4-5-10(13)7-11(14)15/h1-3,6H,4-5,7H2,(H,14,15). The van der Waals surface area contributed by atoms with Gasteiger partial charge < -0.3 is 5.11 Å². The quantitative estimate of drug-likeness (QED) is 0.837. The van der Waals surface area contributed by atoms with E-state index >= 15 is 0 Å². The van der Waals surface area contributed by atoms with E-state index in [0.29, 0.717) is 6.42 Å². The predicted molar refractivity (Wildman–Crippen MR) is 59.7 cm³/mol. The third kappa shape index (κ3) is 4.74. The summed E-state index contributed by atoms with van der Waals surface area (Å²) in [7, 11) is 0. The van der Waals surface area contributed by atoms with Crippen molar-refractivity contribution in [2.45, 2.75) is 19.3 Å². The lowest BCUT2D eigenvalue weighted by atomic mass is 10.1. The highest BCUT2D eigenvalue weighted by Gasteiger charge is 2.07.